The van der Waals surface area contributed by atoms with E-state index in [4.69, 9.17) is 4.74 Å². The minimum atomic E-state index is -0.589. The lowest BCUT2D eigenvalue weighted by atomic mass is 9.74. The average molecular weight is 269 g/mol. The fourth-order valence-electron chi connectivity index (χ4n) is 3.67. The number of rotatable bonds is 4. The van der Waals surface area contributed by atoms with Gasteiger partial charge in [0.2, 0.25) is 0 Å². The van der Waals surface area contributed by atoms with Crippen LogP contribution >= 0.6 is 0 Å². The molecule has 2 rings (SSSR count). The van der Waals surface area contributed by atoms with Crippen LogP contribution in [0.5, 0.6) is 0 Å². The summed E-state index contributed by atoms with van der Waals surface area (Å²) in [6.07, 6.45) is 5.93. The summed E-state index contributed by atoms with van der Waals surface area (Å²) in [5.41, 5.74) is -0.456. The van der Waals surface area contributed by atoms with E-state index in [1.165, 1.54) is 0 Å². The van der Waals surface area contributed by atoms with Gasteiger partial charge in [0.15, 0.2) is 0 Å². The number of aliphatic carboxylic acids is 1. The van der Waals surface area contributed by atoms with Gasteiger partial charge in [0.05, 0.1) is 11.5 Å². The Morgan fingerprint density at radius 1 is 1.42 bits per heavy atom. The van der Waals surface area contributed by atoms with Crippen molar-refractivity contribution in [2.75, 3.05) is 19.7 Å². The molecule has 2 unspecified atom stereocenters. The molecule has 2 atom stereocenters. The van der Waals surface area contributed by atoms with Gasteiger partial charge >= 0.3 is 5.97 Å². The molecule has 2 saturated heterocycles. The molecule has 0 aromatic heterocycles. The van der Waals surface area contributed by atoms with Crippen LogP contribution in [0, 0.1) is 5.41 Å². The van der Waals surface area contributed by atoms with Gasteiger partial charge in [0, 0.05) is 12.6 Å². The zero-order valence-corrected chi connectivity index (χ0v) is 12.2. The second-order valence-corrected chi connectivity index (χ2v) is 6.23. The molecule has 2 heterocycles. The van der Waals surface area contributed by atoms with E-state index >= 15 is 0 Å². The third-order valence-corrected chi connectivity index (χ3v) is 4.91. The number of carbonyl (C=O) groups is 1. The van der Waals surface area contributed by atoms with Crippen molar-refractivity contribution in [1.29, 1.82) is 0 Å². The van der Waals surface area contributed by atoms with Crippen molar-refractivity contribution in [1.82, 2.24) is 4.90 Å². The summed E-state index contributed by atoms with van der Waals surface area (Å²) in [6.45, 7) is 6.93. The van der Waals surface area contributed by atoms with E-state index in [2.05, 4.69) is 18.7 Å². The molecular formula is C15H27NO3. The van der Waals surface area contributed by atoms with Crippen molar-refractivity contribution in [3.8, 4) is 0 Å². The molecule has 0 saturated carbocycles. The van der Waals surface area contributed by atoms with Gasteiger partial charge < -0.3 is 14.7 Å². The monoisotopic (exact) mass is 269 g/mol. The standard InChI is InChI=1S/C15H27NO3/c1-3-5-15(14(17)18)6-8-16(9-7-15)13-4-10-19-12(2)11-13/h12-13H,3-11H2,1-2H3,(H,17,18). The summed E-state index contributed by atoms with van der Waals surface area (Å²) in [4.78, 5) is 14.1. The highest BCUT2D eigenvalue weighted by Crippen LogP contribution is 2.38. The summed E-state index contributed by atoms with van der Waals surface area (Å²) in [7, 11) is 0. The summed E-state index contributed by atoms with van der Waals surface area (Å²) < 4.78 is 5.60. The second kappa shape index (κ2) is 6.23. The van der Waals surface area contributed by atoms with Crippen LogP contribution in [0.4, 0.5) is 0 Å². The number of likely N-dealkylation sites (tertiary alicyclic amines) is 1. The van der Waals surface area contributed by atoms with E-state index in [9.17, 15) is 9.90 Å². The van der Waals surface area contributed by atoms with Gasteiger partial charge in [-0.1, -0.05) is 13.3 Å². The summed E-state index contributed by atoms with van der Waals surface area (Å²) >= 11 is 0. The van der Waals surface area contributed by atoms with Crippen LogP contribution in [0.1, 0.15) is 52.4 Å². The van der Waals surface area contributed by atoms with Crippen LogP contribution in [0.15, 0.2) is 0 Å². The lowest BCUT2D eigenvalue weighted by Crippen LogP contribution is -2.50. The first-order valence-electron chi connectivity index (χ1n) is 7.66. The van der Waals surface area contributed by atoms with Crippen molar-refractivity contribution >= 4 is 5.97 Å². The molecule has 0 radical (unpaired) electrons. The number of carboxylic acids is 1. The molecule has 0 spiro atoms. The van der Waals surface area contributed by atoms with E-state index in [0.717, 1.165) is 58.2 Å². The first kappa shape index (κ1) is 14.8. The molecule has 1 N–H and O–H groups in total. The van der Waals surface area contributed by atoms with Crippen molar-refractivity contribution in [3.05, 3.63) is 0 Å². The van der Waals surface area contributed by atoms with Gasteiger partial charge in [-0.05, 0) is 52.1 Å². The molecule has 2 aliphatic rings. The van der Waals surface area contributed by atoms with Gasteiger partial charge in [-0.15, -0.1) is 0 Å². The predicted molar refractivity (Wildman–Crippen MR) is 74.2 cm³/mol. The molecular weight excluding hydrogens is 242 g/mol. The lowest BCUT2D eigenvalue weighted by molar-refractivity contribution is -0.153. The van der Waals surface area contributed by atoms with Crippen LogP contribution < -0.4 is 0 Å². The molecule has 0 bridgehead atoms. The Balaban J connectivity index is 1.92. The SMILES string of the molecule is CCCC1(C(=O)O)CCN(C2CCOC(C)C2)CC1. The molecule has 110 valence electrons. The molecule has 0 aromatic rings. The summed E-state index contributed by atoms with van der Waals surface area (Å²) in [6, 6.07) is 0.595. The zero-order chi connectivity index (χ0) is 13.9. The molecule has 0 aromatic carbocycles. The lowest BCUT2D eigenvalue weighted by Gasteiger charge is -2.44. The van der Waals surface area contributed by atoms with Crippen LogP contribution in [-0.4, -0.2) is 47.8 Å². The van der Waals surface area contributed by atoms with E-state index < -0.39 is 11.4 Å². The number of carboxylic acid groups (broad SMARTS) is 1. The molecule has 19 heavy (non-hydrogen) atoms. The van der Waals surface area contributed by atoms with Gasteiger partial charge in [0.1, 0.15) is 0 Å². The third kappa shape index (κ3) is 3.29. The highest BCUT2D eigenvalue weighted by atomic mass is 16.5. The zero-order valence-electron chi connectivity index (χ0n) is 12.2. The Bertz CT molecular complexity index is 311. The van der Waals surface area contributed by atoms with E-state index in [1.807, 2.05) is 0 Å². The first-order valence-corrected chi connectivity index (χ1v) is 7.66. The second-order valence-electron chi connectivity index (χ2n) is 6.23. The van der Waals surface area contributed by atoms with Crippen LogP contribution in [0.2, 0.25) is 0 Å². The Hall–Kier alpha value is -0.610. The third-order valence-electron chi connectivity index (χ3n) is 4.91. The van der Waals surface area contributed by atoms with Crippen LogP contribution in [-0.2, 0) is 9.53 Å². The number of nitrogens with zero attached hydrogens (tertiary/aromatic N) is 1. The quantitative estimate of drug-likeness (QED) is 0.852. The molecule has 4 heteroatoms. The molecule has 2 fully saturated rings. The van der Waals surface area contributed by atoms with Gasteiger partial charge in [-0.25, -0.2) is 0 Å². The van der Waals surface area contributed by atoms with Crippen molar-refractivity contribution < 1.29 is 14.6 Å². The van der Waals surface area contributed by atoms with Crippen LogP contribution in [0.25, 0.3) is 0 Å². The largest absolute Gasteiger partial charge is 0.481 e. The Morgan fingerprint density at radius 2 is 2.11 bits per heavy atom. The normalized spacial score (nSPS) is 32.1. The van der Waals surface area contributed by atoms with Gasteiger partial charge in [-0.3, -0.25) is 4.79 Å². The number of hydrogen-bond acceptors (Lipinski definition) is 3. The minimum Gasteiger partial charge on any atom is -0.481 e. The molecule has 0 aliphatic carbocycles. The topological polar surface area (TPSA) is 49.8 Å². The Kier molecular flexibility index (Phi) is 4.85. The van der Waals surface area contributed by atoms with Gasteiger partial charge in [-0.2, -0.15) is 0 Å². The van der Waals surface area contributed by atoms with Crippen molar-refractivity contribution in [2.45, 2.75) is 64.5 Å². The van der Waals surface area contributed by atoms with Crippen molar-refractivity contribution in [2.24, 2.45) is 5.41 Å². The maximum atomic E-state index is 11.6. The van der Waals surface area contributed by atoms with E-state index in [1.54, 1.807) is 0 Å². The number of hydrogen-bond donors (Lipinski definition) is 1. The first-order chi connectivity index (χ1) is 9.07. The maximum absolute atomic E-state index is 11.6. The number of piperidine rings is 1. The number of ether oxygens (including phenoxy) is 1. The van der Waals surface area contributed by atoms with Crippen LogP contribution in [0.3, 0.4) is 0 Å². The van der Waals surface area contributed by atoms with Gasteiger partial charge in [0.25, 0.3) is 0 Å². The van der Waals surface area contributed by atoms with E-state index in [0.29, 0.717) is 12.1 Å². The van der Waals surface area contributed by atoms with Crippen molar-refractivity contribution in [3.63, 3.8) is 0 Å². The highest BCUT2D eigenvalue weighted by molar-refractivity contribution is 5.74. The fraction of sp³-hybridized carbons (Fsp3) is 0.933. The Labute approximate surface area is 116 Å². The average Bonchev–Trinajstić information content (AvgIpc) is 2.39. The summed E-state index contributed by atoms with van der Waals surface area (Å²) in [5.74, 6) is -0.589. The minimum absolute atomic E-state index is 0.348. The summed E-state index contributed by atoms with van der Waals surface area (Å²) in [5, 5.41) is 9.52. The molecule has 4 nitrogen and oxygen atoms in total. The highest BCUT2D eigenvalue weighted by Gasteiger charge is 2.42. The Morgan fingerprint density at radius 3 is 2.63 bits per heavy atom. The smallest absolute Gasteiger partial charge is 0.309 e. The maximum Gasteiger partial charge on any atom is 0.309 e. The van der Waals surface area contributed by atoms with E-state index in [-0.39, 0.29) is 0 Å². The predicted octanol–water partition coefficient (Wildman–Crippen LogP) is 2.52. The molecule has 2 aliphatic heterocycles. The fourth-order valence-corrected chi connectivity index (χ4v) is 3.67. The molecule has 0 amide bonds.